The molecule has 4 fully saturated rings. The minimum atomic E-state index is -1.80. The molecule has 0 amide bonds. The third kappa shape index (κ3) is 3.43. The van der Waals surface area contributed by atoms with Crippen LogP contribution in [0.1, 0.15) is 58.8 Å². The number of carboxylic acid groups (broad SMARTS) is 1. The first-order chi connectivity index (χ1) is 16.0. The average Bonchev–Trinajstić information content (AvgIpc) is 3.08. The second-order valence-corrected chi connectivity index (χ2v) is 11.4. The number of fused-ring (bicyclic) bond motifs is 5. The van der Waals surface area contributed by atoms with Gasteiger partial charge in [0.15, 0.2) is 18.2 Å². The van der Waals surface area contributed by atoms with E-state index in [-0.39, 0.29) is 34.7 Å². The maximum absolute atomic E-state index is 13.0. The zero-order valence-electron chi connectivity index (χ0n) is 19.6. The molecule has 0 aromatic rings. The lowest BCUT2D eigenvalue weighted by atomic mass is 9.46. The summed E-state index contributed by atoms with van der Waals surface area (Å²) in [4.78, 5) is 36.8. The van der Waals surface area contributed by atoms with Crippen molar-refractivity contribution in [1.29, 1.82) is 0 Å². The molecule has 4 N–H and O–H groups in total. The van der Waals surface area contributed by atoms with Crippen LogP contribution >= 0.6 is 0 Å². The van der Waals surface area contributed by atoms with E-state index in [4.69, 9.17) is 9.47 Å². The van der Waals surface area contributed by atoms with E-state index < -0.39 is 48.2 Å². The summed E-state index contributed by atoms with van der Waals surface area (Å²) >= 11 is 0. The minimum Gasteiger partial charge on any atom is -0.479 e. The van der Waals surface area contributed by atoms with E-state index >= 15 is 0 Å². The second kappa shape index (κ2) is 8.20. The molecule has 9 nitrogen and oxygen atoms in total. The molecule has 1 aliphatic heterocycles. The van der Waals surface area contributed by atoms with Crippen molar-refractivity contribution in [2.45, 2.75) is 95.6 Å². The average molecular weight is 479 g/mol. The number of aliphatic hydroxyl groups excluding tert-OH is 3. The van der Waals surface area contributed by atoms with E-state index in [1.807, 2.05) is 6.92 Å². The standard InChI is InChI=1S/C25H34O9/c1-24-8-7-12(26)9-11(24)3-4-13-14-5-6-16(27)25(14,2)10-15(17(13)24)33-23-20(30)18(28)19(29)21(34-23)22(31)32/h9,13-15,17-21,23,28-30H,3-8,10H2,1-2H3,(H,31,32)/t13-,14-,15-,17+,18+,19+,20-,21+,23+,24-,25-/m0/s1. The Hall–Kier alpha value is -1.65. The molecular weight excluding hydrogens is 444 g/mol. The van der Waals surface area contributed by atoms with Crippen LogP contribution in [-0.2, 0) is 23.9 Å². The first kappa shape index (κ1) is 24.1. The van der Waals surface area contributed by atoms with Crippen molar-refractivity contribution in [3.8, 4) is 0 Å². The molecule has 0 aromatic heterocycles. The second-order valence-electron chi connectivity index (χ2n) is 11.4. The van der Waals surface area contributed by atoms with Crippen molar-refractivity contribution >= 4 is 17.5 Å². The number of aliphatic hydroxyl groups is 3. The minimum absolute atomic E-state index is 0.0485. The number of ether oxygens (including phenoxy) is 2. The fourth-order valence-electron chi connectivity index (χ4n) is 7.89. The molecule has 4 aliphatic carbocycles. The van der Waals surface area contributed by atoms with Crippen LogP contribution in [-0.4, -0.2) is 74.8 Å². The fraction of sp³-hybridized carbons (Fsp3) is 0.800. The van der Waals surface area contributed by atoms with Gasteiger partial charge in [-0.25, -0.2) is 4.79 Å². The van der Waals surface area contributed by atoms with Crippen molar-refractivity contribution in [3.63, 3.8) is 0 Å². The van der Waals surface area contributed by atoms with Gasteiger partial charge in [0.25, 0.3) is 0 Å². The predicted octanol–water partition coefficient (Wildman–Crippen LogP) is 0.975. The Morgan fingerprint density at radius 3 is 2.47 bits per heavy atom. The zero-order chi connectivity index (χ0) is 24.6. The molecule has 5 rings (SSSR count). The van der Waals surface area contributed by atoms with Crippen LogP contribution in [0.5, 0.6) is 0 Å². The first-order valence-corrected chi connectivity index (χ1v) is 12.3. The smallest absolute Gasteiger partial charge is 0.335 e. The third-order valence-corrected chi connectivity index (χ3v) is 9.71. The Morgan fingerprint density at radius 1 is 1.03 bits per heavy atom. The van der Waals surface area contributed by atoms with Crippen LogP contribution in [0.25, 0.3) is 0 Å². The van der Waals surface area contributed by atoms with Gasteiger partial charge in [-0.2, -0.15) is 0 Å². The number of ketones is 2. The van der Waals surface area contributed by atoms with E-state index in [0.29, 0.717) is 25.7 Å². The summed E-state index contributed by atoms with van der Waals surface area (Å²) in [5.74, 6) is -0.819. The van der Waals surface area contributed by atoms with Crippen LogP contribution in [0, 0.1) is 28.6 Å². The number of carboxylic acids is 1. The van der Waals surface area contributed by atoms with Crippen LogP contribution in [0.3, 0.4) is 0 Å². The Bertz CT molecular complexity index is 929. The van der Waals surface area contributed by atoms with Gasteiger partial charge in [-0.05, 0) is 61.3 Å². The monoisotopic (exact) mass is 478 g/mol. The normalized spacial score (nSPS) is 50.7. The summed E-state index contributed by atoms with van der Waals surface area (Å²) in [6, 6.07) is 0. The molecule has 9 heteroatoms. The van der Waals surface area contributed by atoms with Crippen LogP contribution < -0.4 is 0 Å². The van der Waals surface area contributed by atoms with Crippen molar-refractivity contribution in [2.24, 2.45) is 28.6 Å². The molecule has 34 heavy (non-hydrogen) atoms. The summed E-state index contributed by atoms with van der Waals surface area (Å²) in [6.07, 6.45) is -2.71. The van der Waals surface area contributed by atoms with Crippen molar-refractivity contribution in [3.05, 3.63) is 11.6 Å². The first-order valence-electron chi connectivity index (χ1n) is 12.3. The molecule has 1 heterocycles. The highest BCUT2D eigenvalue weighted by atomic mass is 16.7. The van der Waals surface area contributed by atoms with Crippen molar-refractivity contribution in [1.82, 2.24) is 0 Å². The van der Waals surface area contributed by atoms with E-state index in [2.05, 4.69) is 6.92 Å². The Morgan fingerprint density at radius 2 is 1.76 bits per heavy atom. The molecule has 0 radical (unpaired) electrons. The van der Waals surface area contributed by atoms with Crippen molar-refractivity contribution < 1.29 is 44.3 Å². The number of hydrogen-bond acceptors (Lipinski definition) is 8. The third-order valence-electron chi connectivity index (χ3n) is 9.71. The van der Waals surface area contributed by atoms with Crippen LogP contribution in [0.2, 0.25) is 0 Å². The van der Waals surface area contributed by atoms with Gasteiger partial charge in [-0.3, -0.25) is 9.59 Å². The summed E-state index contributed by atoms with van der Waals surface area (Å²) < 4.78 is 11.8. The highest BCUT2D eigenvalue weighted by Gasteiger charge is 2.63. The van der Waals surface area contributed by atoms with Crippen LogP contribution in [0.4, 0.5) is 0 Å². The van der Waals surface area contributed by atoms with Gasteiger partial charge >= 0.3 is 5.97 Å². The number of hydrogen-bond donors (Lipinski definition) is 4. The van der Waals surface area contributed by atoms with Crippen LogP contribution in [0.15, 0.2) is 11.6 Å². The van der Waals surface area contributed by atoms with Gasteiger partial charge < -0.3 is 29.9 Å². The molecule has 0 bridgehead atoms. The lowest BCUT2D eigenvalue weighted by Gasteiger charge is -2.60. The van der Waals surface area contributed by atoms with Gasteiger partial charge in [-0.1, -0.05) is 19.4 Å². The lowest BCUT2D eigenvalue weighted by molar-refractivity contribution is -0.319. The molecule has 0 spiro atoms. The molecular formula is C25H34O9. The molecule has 11 atom stereocenters. The SMILES string of the molecule is C[C@]12CCC(=O)C=C1CC[C@@H]1[C@@H]2[C@@H](O[C@@H]2O[C@@H](C(=O)O)[C@H](O)[C@@H](O)[C@@H]2O)C[C@]2(C)C(=O)CC[C@@H]12. The van der Waals surface area contributed by atoms with Gasteiger partial charge in [0.2, 0.25) is 0 Å². The summed E-state index contributed by atoms with van der Waals surface area (Å²) in [5.41, 5.74) is 0.187. The quantitative estimate of drug-likeness (QED) is 0.465. The molecule has 188 valence electrons. The molecule has 0 aromatic carbocycles. The fourth-order valence-corrected chi connectivity index (χ4v) is 7.89. The largest absolute Gasteiger partial charge is 0.479 e. The summed E-state index contributed by atoms with van der Waals surface area (Å²) in [5, 5.41) is 40.4. The molecule has 0 unspecified atom stereocenters. The van der Waals surface area contributed by atoms with E-state index in [0.717, 1.165) is 24.8 Å². The number of allylic oxidation sites excluding steroid dienone is 1. The zero-order valence-corrected chi connectivity index (χ0v) is 19.6. The topological polar surface area (TPSA) is 151 Å². The number of aliphatic carboxylic acids is 1. The number of rotatable bonds is 3. The Kier molecular flexibility index (Phi) is 5.80. The highest BCUT2D eigenvalue weighted by Crippen LogP contribution is 2.65. The Labute approximate surface area is 198 Å². The molecule has 3 saturated carbocycles. The number of carbonyl (C=O) groups is 3. The highest BCUT2D eigenvalue weighted by molar-refractivity contribution is 5.91. The Balaban J connectivity index is 1.51. The predicted molar refractivity (Wildman–Crippen MR) is 116 cm³/mol. The number of carbonyl (C=O) groups excluding carboxylic acids is 2. The lowest BCUT2D eigenvalue weighted by Crippen LogP contribution is -2.63. The van der Waals surface area contributed by atoms with Gasteiger partial charge in [0.1, 0.15) is 24.1 Å². The summed E-state index contributed by atoms with van der Waals surface area (Å²) in [7, 11) is 0. The van der Waals surface area contributed by atoms with Gasteiger partial charge in [0.05, 0.1) is 6.10 Å². The maximum atomic E-state index is 13.0. The summed E-state index contributed by atoms with van der Waals surface area (Å²) in [6.45, 7) is 4.13. The molecule has 5 aliphatic rings. The van der Waals surface area contributed by atoms with Gasteiger partial charge in [-0.15, -0.1) is 0 Å². The van der Waals surface area contributed by atoms with Crippen molar-refractivity contribution in [2.75, 3.05) is 0 Å². The van der Waals surface area contributed by atoms with E-state index in [1.165, 1.54) is 0 Å². The number of Topliss-reactive ketones (excluding diaryl/α,β-unsaturated/α-hetero) is 1. The molecule has 1 saturated heterocycles. The maximum Gasteiger partial charge on any atom is 0.335 e. The van der Waals surface area contributed by atoms with E-state index in [9.17, 15) is 34.8 Å². The van der Waals surface area contributed by atoms with Gasteiger partial charge in [0, 0.05) is 18.3 Å². The van der Waals surface area contributed by atoms with E-state index in [1.54, 1.807) is 6.08 Å².